The number of thiophene rings is 1. The Balaban J connectivity index is 2.74. The first-order valence-corrected chi connectivity index (χ1v) is 6.10. The van der Waals surface area contributed by atoms with E-state index in [9.17, 15) is 4.39 Å². The van der Waals surface area contributed by atoms with E-state index in [-0.39, 0.29) is 5.82 Å². The number of rotatable bonds is 2. The maximum atomic E-state index is 13.4. The highest BCUT2D eigenvalue weighted by Gasteiger charge is 2.10. The molecule has 0 atom stereocenters. The monoisotopic (exact) mass is 228 g/mol. The van der Waals surface area contributed by atoms with E-state index >= 15 is 0 Å². The zero-order chi connectivity index (χ0) is 10.1. The van der Waals surface area contributed by atoms with Gasteiger partial charge in [-0.2, -0.15) is 0 Å². The largest absolute Gasteiger partial charge is 0.487 e. The van der Waals surface area contributed by atoms with E-state index in [4.69, 9.17) is 4.74 Å². The molecular weight excluding hydrogens is 219 g/mol. The summed E-state index contributed by atoms with van der Waals surface area (Å²) in [7, 11) is 1.60. The van der Waals surface area contributed by atoms with E-state index in [0.29, 0.717) is 5.39 Å². The molecule has 0 saturated heterocycles. The number of fused-ring (bicyclic) bond motifs is 1. The third kappa shape index (κ3) is 1.48. The number of ether oxygens (including phenoxy) is 1. The average molecular weight is 228 g/mol. The molecule has 0 aliphatic rings. The lowest BCUT2D eigenvalue weighted by atomic mass is 10.2. The molecule has 0 saturated carbocycles. The van der Waals surface area contributed by atoms with Gasteiger partial charge in [0.1, 0.15) is 5.82 Å². The van der Waals surface area contributed by atoms with Gasteiger partial charge < -0.3 is 4.74 Å². The molecule has 2 rings (SSSR count). The number of benzene rings is 1. The van der Waals surface area contributed by atoms with Crippen LogP contribution in [0.3, 0.4) is 0 Å². The molecule has 14 heavy (non-hydrogen) atoms. The highest BCUT2D eigenvalue weighted by atomic mass is 32.2. The fourth-order valence-corrected chi connectivity index (χ4v) is 3.08. The lowest BCUT2D eigenvalue weighted by molar-refractivity contribution is 0.427. The molecule has 0 N–H and O–H groups in total. The Morgan fingerprint density at radius 2 is 2.21 bits per heavy atom. The van der Waals surface area contributed by atoms with Crippen molar-refractivity contribution in [3.8, 4) is 5.06 Å². The van der Waals surface area contributed by atoms with Crippen LogP contribution >= 0.6 is 23.1 Å². The van der Waals surface area contributed by atoms with E-state index in [2.05, 4.69) is 0 Å². The first-order chi connectivity index (χ1) is 6.76. The summed E-state index contributed by atoms with van der Waals surface area (Å²) < 4.78 is 19.5. The van der Waals surface area contributed by atoms with Gasteiger partial charge in [0.15, 0.2) is 5.06 Å². The maximum Gasteiger partial charge on any atom is 0.174 e. The molecule has 74 valence electrons. The molecule has 2 aromatic rings. The summed E-state index contributed by atoms with van der Waals surface area (Å²) >= 11 is 3.10. The summed E-state index contributed by atoms with van der Waals surface area (Å²) in [4.78, 5) is 1.09. The van der Waals surface area contributed by atoms with Crippen molar-refractivity contribution >= 4 is 33.2 Å². The van der Waals surface area contributed by atoms with Crippen molar-refractivity contribution in [2.75, 3.05) is 13.4 Å². The fourth-order valence-electron chi connectivity index (χ4n) is 1.30. The normalized spacial score (nSPS) is 10.8. The first kappa shape index (κ1) is 9.80. The van der Waals surface area contributed by atoms with Gasteiger partial charge in [-0.05, 0) is 18.4 Å². The Morgan fingerprint density at radius 1 is 1.43 bits per heavy atom. The highest BCUT2D eigenvalue weighted by Crippen LogP contribution is 2.38. The second kappa shape index (κ2) is 3.79. The molecule has 0 radical (unpaired) electrons. The summed E-state index contributed by atoms with van der Waals surface area (Å²) in [6.07, 6.45) is 1.98. The van der Waals surface area contributed by atoms with E-state index in [1.165, 1.54) is 17.4 Å². The van der Waals surface area contributed by atoms with Crippen molar-refractivity contribution in [1.29, 1.82) is 0 Å². The lowest BCUT2D eigenvalue weighted by Gasteiger charge is -1.97. The molecule has 1 nitrogen and oxygen atoms in total. The number of methoxy groups -OCH3 is 1. The number of halogens is 1. The summed E-state index contributed by atoms with van der Waals surface area (Å²) in [5, 5.41) is 1.40. The molecule has 0 bridgehead atoms. The minimum Gasteiger partial charge on any atom is -0.487 e. The van der Waals surface area contributed by atoms with Crippen molar-refractivity contribution in [2.24, 2.45) is 0 Å². The van der Waals surface area contributed by atoms with Crippen LogP contribution in [-0.2, 0) is 0 Å². The summed E-state index contributed by atoms with van der Waals surface area (Å²) in [6, 6.07) is 5.05. The minimum absolute atomic E-state index is 0.183. The number of hydrogen-bond acceptors (Lipinski definition) is 3. The van der Waals surface area contributed by atoms with Crippen molar-refractivity contribution in [2.45, 2.75) is 4.90 Å². The van der Waals surface area contributed by atoms with Crippen molar-refractivity contribution < 1.29 is 9.13 Å². The van der Waals surface area contributed by atoms with E-state index in [1.807, 2.05) is 6.26 Å². The van der Waals surface area contributed by atoms with Gasteiger partial charge >= 0.3 is 0 Å². The quantitative estimate of drug-likeness (QED) is 0.724. The van der Waals surface area contributed by atoms with Gasteiger partial charge in [0.25, 0.3) is 0 Å². The minimum atomic E-state index is -0.183. The average Bonchev–Trinajstić information content (AvgIpc) is 2.63. The standard InChI is InChI=1S/C10H9FOS2/c1-12-9-5-6-7(11)3-4-8(13-2)10(6)14-9/h3-5H,1-2H3. The van der Waals surface area contributed by atoms with Crippen molar-refractivity contribution in [3.63, 3.8) is 0 Å². The maximum absolute atomic E-state index is 13.4. The predicted molar refractivity (Wildman–Crippen MR) is 60.1 cm³/mol. The molecule has 0 unspecified atom stereocenters. The Bertz CT molecular complexity index is 464. The fraction of sp³-hybridized carbons (Fsp3) is 0.200. The molecule has 1 heterocycles. The first-order valence-electron chi connectivity index (χ1n) is 4.06. The van der Waals surface area contributed by atoms with Crippen LogP contribution in [0.1, 0.15) is 0 Å². The van der Waals surface area contributed by atoms with Gasteiger partial charge in [-0.15, -0.1) is 11.8 Å². The van der Waals surface area contributed by atoms with Crippen LogP contribution in [0, 0.1) is 5.82 Å². The summed E-state index contributed by atoms with van der Waals surface area (Å²) in [5.74, 6) is -0.183. The number of thioether (sulfide) groups is 1. The van der Waals surface area contributed by atoms with Crippen molar-refractivity contribution in [1.82, 2.24) is 0 Å². The third-order valence-electron chi connectivity index (χ3n) is 1.99. The predicted octanol–water partition coefficient (Wildman–Crippen LogP) is 3.77. The van der Waals surface area contributed by atoms with E-state index < -0.39 is 0 Å². The third-order valence-corrected chi connectivity index (χ3v) is 4.03. The van der Waals surface area contributed by atoms with E-state index in [0.717, 1.165) is 14.7 Å². The molecule has 0 amide bonds. The van der Waals surface area contributed by atoms with Gasteiger partial charge in [-0.3, -0.25) is 0 Å². The second-order valence-corrected chi connectivity index (χ2v) is 4.62. The van der Waals surface area contributed by atoms with Gasteiger partial charge in [0.05, 0.1) is 11.8 Å². The molecule has 0 spiro atoms. The Kier molecular flexibility index (Phi) is 2.65. The topological polar surface area (TPSA) is 9.23 Å². The van der Waals surface area contributed by atoms with Crippen LogP contribution in [0.15, 0.2) is 23.1 Å². The van der Waals surface area contributed by atoms with Crippen LogP contribution in [0.25, 0.3) is 10.1 Å². The summed E-state index contributed by atoms with van der Waals surface area (Å²) in [5.41, 5.74) is 0. The van der Waals surface area contributed by atoms with Gasteiger partial charge in [-0.1, -0.05) is 11.3 Å². The van der Waals surface area contributed by atoms with Crippen LogP contribution in [-0.4, -0.2) is 13.4 Å². The Labute approximate surface area is 89.9 Å². The molecular formula is C10H9FOS2. The Hall–Kier alpha value is -0.740. The highest BCUT2D eigenvalue weighted by molar-refractivity contribution is 7.99. The molecule has 4 heteroatoms. The molecule has 1 aromatic heterocycles. The van der Waals surface area contributed by atoms with Gasteiger partial charge in [0.2, 0.25) is 0 Å². The van der Waals surface area contributed by atoms with Gasteiger partial charge in [-0.25, -0.2) is 4.39 Å². The molecule has 1 aromatic carbocycles. The van der Waals surface area contributed by atoms with Crippen LogP contribution in [0.5, 0.6) is 5.06 Å². The summed E-state index contributed by atoms with van der Waals surface area (Å²) in [6.45, 7) is 0. The number of hydrogen-bond donors (Lipinski definition) is 0. The molecule has 0 aliphatic carbocycles. The zero-order valence-electron chi connectivity index (χ0n) is 7.83. The van der Waals surface area contributed by atoms with Crippen LogP contribution in [0.2, 0.25) is 0 Å². The second-order valence-electron chi connectivity index (χ2n) is 2.76. The Morgan fingerprint density at radius 3 is 2.86 bits per heavy atom. The van der Waals surface area contributed by atoms with Crippen molar-refractivity contribution in [3.05, 3.63) is 24.0 Å². The van der Waals surface area contributed by atoms with Crippen LogP contribution in [0.4, 0.5) is 4.39 Å². The zero-order valence-corrected chi connectivity index (χ0v) is 9.47. The SMILES string of the molecule is COc1cc2c(F)ccc(SC)c2s1. The smallest absolute Gasteiger partial charge is 0.174 e. The molecule has 0 fully saturated rings. The molecule has 0 aliphatic heterocycles. The lowest BCUT2D eigenvalue weighted by Crippen LogP contribution is -1.76. The van der Waals surface area contributed by atoms with Crippen LogP contribution < -0.4 is 4.74 Å². The van der Waals surface area contributed by atoms with E-state index in [1.54, 1.807) is 31.0 Å². The van der Waals surface area contributed by atoms with Gasteiger partial charge in [0, 0.05) is 16.3 Å².